The van der Waals surface area contributed by atoms with E-state index in [4.69, 9.17) is 5.73 Å². The number of nitrogens with one attached hydrogen (secondary N) is 1. The van der Waals surface area contributed by atoms with E-state index in [1.165, 1.54) is 28.6 Å². The summed E-state index contributed by atoms with van der Waals surface area (Å²) in [7, 11) is -3.68. The number of nitrogens with two attached hydrogens (primary N) is 1. The van der Waals surface area contributed by atoms with Crippen molar-refractivity contribution in [2.75, 3.05) is 26.2 Å². The fourth-order valence-corrected chi connectivity index (χ4v) is 4.00. The first-order chi connectivity index (χ1) is 11.3. The van der Waals surface area contributed by atoms with Crippen molar-refractivity contribution in [3.63, 3.8) is 0 Å². The summed E-state index contributed by atoms with van der Waals surface area (Å²) in [5, 5.41) is 2.07. The van der Waals surface area contributed by atoms with Crippen molar-refractivity contribution in [3.05, 3.63) is 29.8 Å². The molecule has 6 nitrogen and oxygen atoms in total. The van der Waals surface area contributed by atoms with Gasteiger partial charge in [-0.25, -0.2) is 17.2 Å². The minimum atomic E-state index is -3.68. The second-order valence-electron chi connectivity index (χ2n) is 5.74. The predicted molar refractivity (Wildman–Crippen MR) is 85.4 cm³/mol. The molecule has 0 spiro atoms. The van der Waals surface area contributed by atoms with Crippen LogP contribution in [0.25, 0.3) is 0 Å². The van der Waals surface area contributed by atoms with Crippen molar-refractivity contribution in [3.8, 4) is 0 Å². The first-order valence-corrected chi connectivity index (χ1v) is 9.16. The third-order valence-electron chi connectivity index (χ3n) is 3.86. The molecule has 0 aliphatic carbocycles. The Bertz CT molecular complexity index is 689. The summed E-state index contributed by atoms with van der Waals surface area (Å²) in [6.45, 7) is -0.884. The molecule has 0 radical (unpaired) electrons. The van der Waals surface area contributed by atoms with E-state index in [0.717, 1.165) is 19.3 Å². The highest BCUT2D eigenvalue weighted by Crippen LogP contribution is 2.21. The van der Waals surface area contributed by atoms with E-state index in [1.807, 2.05) is 0 Å². The van der Waals surface area contributed by atoms with Gasteiger partial charge in [0, 0.05) is 18.7 Å². The van der Waals surface area contributed by atoms with Gasteiger partial charge in [0.25, 0.3) is 11.8 Å². The third-order valence-corrected chi connectivity index (χ3v) is 5.75. The molecule has 134 valence electrons. The Morgan fingerprint density at radius 2 is 1.92 bits per heavy atom. The van der Waals surface area contributed by atoms with Gasteiger partial charge in [-0.15, -0.1) is 0 Å². The van der Waals surface area contributed by atoms with Gasteiger partial charge in [0.05, 0.1) is 18.0 Å². The summed E-state index contributed by atoms with van der Waals surface area (Å²) in [6.07, 6.45) is 2.59. The van der Waals surface area contributed by atoms with Crippen LogP contribution in [0.4, 0.5) is 8.78 Å². The molecule has 0 saturated carbocycles. The number of benzene rings is 1. The molecule has 1 aromatic rings. The first-order valence-electron chi connectivity index (χ1n) is 7.72. The lowest BCUT2D eigenvalue weighted by molar-refractivity contribution is 0.0118. The monoisotopic (exact) mass is 361 g/mol. The Labute approximate surface area is 140 Å². The molecular formula is C15H21F2N3O3S. The average Bonchev–Trinajstić information content (AvgIpc) is 2.60. The van der Waals surface area contributed by atoms with Crippen LogP contribution >= 0.6 is 0 Å². The lowest BCUT2D eigenvalue weighted by Crippen LogP contribution is -2.41. The number of piperidine rings is 1. The summed E-state index contributed by atoms with van der Waals surface area (Å²) in [5.41, 5.74) is 4.92. The van der Waals surface area contributed by atoms with Gasteiger partial charge >= 0.3 is 0 Å². The van der Waals surface area contributed by atoms with Crippen molar-refractivity contribution in [1.29, 1.82) is 0 Å². The van der Waals surface area contributed by atoms with Crippen molar-refractivity contribution in [2.24, 2.45) is 5.73 Å². The molecule has 2 rings (SSSR count). The molecule has 0 aromatic heterocycles. The number of carbonyl (C=O) groups excluding carboxylic acids is 1. The van der Waals surface area contributed by atoms with Gasteiger partial charge in [0.1, 0.15) is 0 Å². The minimum absolute atomic E-state index is 0.0114. The molecule has 1 heterocycles. The van der Waals surface area contributed by atoms with E-state index in [9.17, 15) is 22.0 Å². The number of sulfonamides is 1. The summed E-state index contributed by atoms with van der Waals surface area (Å²) in [6, 6.07) is 5.41. The molecule has 1 amide bonds. The summed E-state index contributed by atoms with van der Waals surface area (Å²) in [4.78, 5) is 12.0. The van der Waals surface area contributed by atoms with E-state index in [0.29, 0.717) is 13.1 Å². The molecule has 0 bridgehead atoms. The zero-order chi connectivity index (χ0) is 17.8. The van der Waals surface area contributed by atoms with E-state index < -0.39 is 34.9 Å². The molecule has 1 saturated heterocycles. The minimum Gasteiger partial charge on any atom is -0.346 e. The van der Waals surface area contributed by atoms with Crippen LogP contribution in [-0.2, 0) is 10.0 Å². The van der Waals surface area contributed by atoms with Crippen molar-refractivity contribution < 1.29 is 22.0 Å². The average molecular weight is 361 g/mol. The molecule has 3 N–H and O–H groups in total. The van der Waals surface area contributed by atoms with Crippen LogP contribution in [0.5, 0.6) is 0 Å². The van der Waals surface area contributed by atoms with Gasteiger partial charge in [0.2, 0.25) is 10.0 Å². The Morgan fingerprint density at radius 3 is 2.54 bits per heavy atom. The number of halogens is 2. The summed E-state index contributed by atoms with van der Waals surface area (Å²) in [5.74, 6) is -3.97. The lowest BCUT2D eigenvalue weighted by atomic mass is 10.2. The highest BCUT2D eigenvalue weighted by atomic mass is 32.2. The van der Waals surface area contributed by atoms with Gasteiger partial charge in [-0.2, -0.15) is 4.31 Å². The van der Waals surface area contributed by atoms with E-state index in [-0.39, 0.29) is 10.5 Å². The van der Waals surface area contributed by atoms with Crippen LogP contribution < -0.4 is 11.1 Å². The molecule has 0 atom stereocenters. The third kappa shape index (κ3) is 4.49. The molecule has 9 heteroatoms. The van der Waals surface area contributed by atoms with Crippen molar-refractivity contribution in [2.45, 2.75) is 30.1 Å². The maximum atomic E-state index is 13.1. The first kappa shape index (κ1) is 18.8. The van der Waals surface area contributed by atoms with Gasteiger partial charge in [-0.3, -0.25) is 4.79 Å². The Balaban J connectivity index is 2.14. The molecule has 0 unspecified atom stereocenters. The van der Waals surface area contributed by atoms with Gasteiger partial charge in [-0.05, 0) is 31.0 Å². The van der Waals surface area contributed by atoms with Gasteiger partial charge < -0.3 is 11.1 Å². The number of hydrogen-bond acceptors (Lipinski definition) is 4. The number of amides is 1. The number of carbonyl (C=O) groups is 1. The second kappa shape index (κ2) is 7.54. The molecule has 24 heavy (non-hydrogen) atoms. The smallest absolute Gasteiger partial charge is 0.277 e. The maximum Gasteiger partial charge on any atom is 0.277 e. The number of rotatable bonds is 6. The predicted octanol–water partition coefficient (Wildman–Crippen LogP) is 1.18. The Morgan fingerprint density at radius 1 is 1.25 bits per heavy atom. The van der Waals surface area contributed by atoms with Crippen molar-refractivity contribution in [1.82, 2.24) is 9.62 Å². The number of nitrogens with zero attached hydrogens (tertiary/aromatic N) is 1. The van der Waals surface area contributed by atoms with Gasteiger partial charge in [0.15, 0.2) is 0 Å². The van der Waals surface area contributed by atoms with Crippen LogP contribution in [0.2, 0.25) is 0 Å². The van der Waals surface area contributed by atoms with E-state index >= 15 is 0 Å². The molecule has 1 aromatic carbocycles. The van der Waals surface area contributed by atoms with Crippen LogP contribution in [-0.4, -0.2) is 50.7 Å². The zero-order valence-corrected chi connectivity index (χ0v) is 14.0. The highest BCUT2D eigenvalue weighted by molar-refractivity contribution is 7.89. The van der Waals surface area contributed by atoms with Crippen LogP contribution in [0.1, 0.15) is 29.6 Å². The Kier molecular flexibility index (Phi) is 5.89. The normalized spacial score (nSPS) is 16.8. The highest BCUT2D eigenvalue weighted by Gasteiger charge is 2.29. The molecular weight excluding hydrogens is 340 g/mol. The molecule has 1 fully saturated rings. The SMILES string of the molecule is NCC(F)(F)CNC(=O)c1cccc(S(=O)(=O)N2CCCCC2)c1. The molecule has 1 aliphatic heterocycles. The fourth-order valence-electron chi connectivity index (χ4n) is 2.44. The quantitative estimate of drug-likeness (QED) is 0.796. The topological polar surface area (TPSA) is 92.5 Å². The fraction of sp³-hybridized carbons (Fsp3) is 0.533. The Hall–Kier alpha value is -1.58. The van der Waals surface area contributed by atoms with Crippen LogP contribution in [0.15, 0.2) is 29.2 Å². The number of alkyl halides is 2. The number of hydrogen-bond donors (Lipinski definition) is 2. The largest absolute Gasteiger partial charge is 0.346 e. The van der Waals surface area contributed by atoms with E-state index in [2.05, 4.69) is 5.32 Å². The summed E-state index contributed by atoms with van der Waals surface area (Å²) >= 11 is 0. The van der Waals surface area contributed by atoms with Crippen molar-refractivity contribution >= 4 is 15.9 Å². The standard InChI is InChI=1S/C15H21F2N3O3S/c16-15(17,10-18)11-19-14(21)12-5-4-6-13(9-12)24(22,23)20-7-2-1-3-8-20/h4-6,9H,1-3,7-8,10-11,18H2,(H,19,21). The maximum absolute atomic E-state index is 13.1. The summed E-state index contributed by atoms with van der Waals surface area (Å²) < 4.78 is 52.7. The lowest BCUT2D eigenvalue weighted by Gasteiger charge is -2.26. The second-order valence-corrected chi connectivity index (χ2v) is 7.67. The zero-order valence-electron chi connectivity index (χ0n) is 13.2. The van der Waals surface area contributed by atoms with Crippen LogP contribution in [0, 0.1) is 0 Å². The van der Waals surface area contributed by atoms with E-state index in [1.54, 1.807) is 0 Å². The molecule has 1 aliphatic rings. The van der Waals surface area contributed by atoms with Crippen LogP contribution in [0.3, 0.4) is 0 Å². The van der Waals surface area contributed by atoms with Gasteiger partial charge in [-0.1, -0.05) is 12.5 Å².